The van der Waals surface area contributed by atoms with E-state index in [2.05, 4.69) is 26.3 Å². The van der Waals surface area contributed by atoms with Gasteiger partial charge in [-0.1, -0.05) is 34.1 Å². The summed E-state index contributed by atoms with van der Waals surface area (Å²) in [4.78, 5) is 93.2. The highest BCUT2D eigenvalue weighted by molar-refractivity contribution is 5.96. The van der Waals surface area contributed by atoms with Crippen molar-refractivity contribution in [3.63, 3.8) is 0 Å². The lowest BCUT2D eigenvalue weighted by Crippen LogP contribution is -2.60. The first-order valence-electron chi connectivity index (χ1n) is 15.7. The molecule has 0 aromatic carbocycles. The van der Waals surface area contributed by atoms with E-state index >= 15 is 0 Å². The quantitative estimate of drug-likeness (QED) is 0.0372. The number of amides is 5. The van der Waals surface area contributed by atoms with Gasteiger partial charge in [0.25, 0.3) is 0 Å². The predicted molar refractivity (Wildman–Crippen MR) is 170 cm³/mol. The van der Waals surface area contributed by atoms with E-state index in [4.69, 9.17) is 27.4 Å². The first-order valence-corrected chi connectivity index (χ1v) is 15.7. The third-order valence-corrected chi connectivity index (χ3v) is 7.86. The first kappa shape index (κ1) is 40.5. The molecule has 6 atom stereocenters. The van der Waals surface area contributed by atoms with Crippen LogP contribution in [-0.4, -0.2) is 112 Å². The number of carboxylic acid groups (broad SMARTS) is 2. The Labute approximate surface area is 274 Å². The zero-order valence-corrected chi connectivity index (χ0v) is 27.5. The fraction of sp³-hybridized carbons (Fsp3) is 0.724. The van der Waals surface area contributed by atoms with Gasteiger partial charge >= 0.3 is 11.9 Å². The molecule has 1 fully saturated rings. The number of aliphatic carboxylic acids is 2. The first-order chi connectivity index (χ1) is 22.0. The molecule has 0 unspecified atom stereocenters. The molecule has 0 radical (unpaired) electrons. The molecule has 0 aromatic rings. The Kier molecular flexibility index (Phi) is 17.2. The number of likely N-dealkylation sites (tertiary alicyclic amines) is 1. The summed E-state index contributed by atoms with van der Waals surface area (Å²) < 4.78 is 0. The zero-order chi connectivity index (χ0) is 35.8. The van der Waals surface area contributed by atoms with E-state index in [1.165, 1.54) is 4.90 Å². The molecule has 12 N–H and O–H groups in total. The molecule has 0 bridgehead atoms. The molecule has 0 aliphatic carbocycles. The van der Waals surface area contributed by atoms with Crippen LogP contribution in [0.1, 0.15) is 72.6 Å². The molecule has 266 valence electrons. The highest BCUT2D eigenvalue weighted by atomic mass is 16.4. The summed E-state index contributed by atoms with van der Waals surface area (Å²) in [5, 5.41) is 28.1. The maximum Gasteiger partial charge on any atom is 0.322 e. The van der Waals surface area contributed by atoms with E-state index in [1.54, 1.807) is 27.7 Å². The Morgan fingerprint density at radius 3 is 2.09 bits per heavy atom. The van der Waals surface area contributed by atoms with Crippen LogP contribution in [0.5, 0.6) is 0 Å². The highest BCUT2D eigenvalue weighted by Gasteiger charge is 2.38. The van der Waals surface area contributed by atoms with Crippen molar-refractivity contribution < 1.29 is 43.8 Å². The number of carbonyl (C=O) groups is 7. The molecule has 1 saturated heterocycles. The number of hydrogen-bond acceptors (Lipinski definition) is 9. The summed E-state index contributed by atoms with van der Waals surface area (Å²) in [6.45, 7) is 6.60. The van der Waals surface area contributed by atoms with E-state index in [0.29, 0.717) is 19.3 Å². The van der Waals surface area contributed by atoms with Gasteiger partial charge in [-0.25, -0.2) is 0 Å². The predicted octanol–water partition coefficient (Wildman–Crippen LogP) is -2.42. The van der Waals surface area contributed by atoms with Gasteiger partial charge in [0.1, 0.15) is 30.7 Å². The lowest BCUT2D eigenvalue weighted by molar-refractivity contribution is -0.141. The average molecular weight is 670 g/mol. The summed E-state index contributed by atoms with van der Waals surface area (Å²) in [7, 11) is 0. The largest absolute Gasteiger partial charge is 0.481 e. The molecule has 1 aliphatic heterocycles. The molecule has 18 nitrogen and oxygen atoms in total. The van der Waals surface area contributed by atoms with Crippen molar-refractivity contribution in [1.29, 1.82) is 0 Å². The van der Waals surface area contributed by atoms with Gasteiger partial charge in [0.05, 0.1) is 6.04 Å². The van der Waals surface area contributed by atoms with Crippen LogP contribution < -0.4 is 38.5 Å². The van der Waals surface area contributed by atoms with Crippen molar-refractivity contribution in [2.75, 3.05) is 19.6 Å². The molecular weight excluding hydrogens is 618 g/mol. The fourth-order valence-corrected chi connectivity index (χ4v) is 4.97. The monoisotopic (exact) mass is 669 g/mol. The maximum absolute atomic E-state index is 13.6. The van der Waals surface area contributed by atoms with Crippen LogP contribution in [-0.2, 0) is 33.6 Å². The van der Waals surface area contributed by atoms with Gasteiger partial charge in [-0.15, -0.1) is 0 Å². The van der Waals surface area contributed by atoms with Crippen LogP contribution in [0, 0.1) is 11.8 Å². The van der Waals surface area contributed by atoms with Crippen LogP contribution in [0.3, 0.4) is 0 Å². The molecule has 18 heteroatoms. The molecule has 1 heterocycles. The molecule has 0 spiro atoms. The molecule has 0 aromatic heterocycles. The van der Waals surface area contributed by atoms with Gasteiger partial charge < -0.3 is 53.6 Å². The van der Waals surface area contributed by atoms with Crippen LogP contribution in [0.25, 0.3) is 0 Å². The van der Waals surface area contributed by atoms with Crippen LogP contribution >= 0.6 is 0 Å². The average Bonchev–Trinajstić information content (AvgIpc) is 3.50. The lowest BCUT2D eigenvalue weighted by Gasteiger charge is -2.30. The number of carboxylic acids is 2. The minimum Gasteiger partial charge on any atom is -0.481 e. The minimum absolute atomic E-state index is 0.0622. The van der Waals surface area contributed by atoms with Gasteiger partial charge in [0.15, 0.2) is 5.96 Å². The summed E-state index contributed by atoms with van der Waals surface area (Å²) >= 11 is 0. The van der Waals surface area contributed by atoms with Crippen molar-refractivity contribution in [2.24, 2.45) is 34.0 Å². The Morgan fingerprint density at radius 1 is 0.894 bits per heavy atom. The number of nitrogens with zero attached hydrogens (tertiary/aromatic N) is 2. The van der Waals surface area contributed by atoms with Crippen molar-refractivity contribution >= 4 is 47.4 Å². The number of aliphatic imine (C=N–C) groups is 1. The van der Waals surface area contributed by atoms with Gasteiger partial charge in [0, 0.05) is 19.5 Å². The molecule has 1 rings (SSSR count). The molecule has 5 amide bonds. The van der Waals surface area contributed by atoms with Crippen molar-refractivity contribution in [3.8, 4) is 0 Å². The number of rotatable bonds is 20. The Morgan fingerprint density at radius 2 is 1.53 bits per heavy atom. The topological polar surface area (TPSA) is 302 Å². The smallest absolute Gasteiger partial charge is 0.322 e. The summed E-state index contributed by atoms with van der Waals surface area (Å²) in [6.07, 6.45) is 1.18. The van der Waals surface area contributed by atoms with E-state index in [1.807, 2.05) is 0 Å². The Bertz CT molecular complexity index is 1160. The number of guanidine groups is 1. The minimum atomic E-state index is -1.25. The number of nitrogens with two attached hydrogens (primary N) is 3. The lowest BCUT2D eigenvalue weighted by atomic mass is 9.96. The zero-order valence-electron chi connectivity index (χ0n) is 27.5. The SMILES string of the molecule is CC[C@H](C)[C@H](NC(=O)[C@@H](NC(=O)[C@H](CCCN=C(N)N)NC(=O)[C@@H]1CCCN1C(=O)[C@@H](N)CCC(=O)O)C(C)C)C(=O)NCC(=O)O. The Hall–Kier alpha value is -4.48. The van der Waals surface area contributed by atoms with Gasteiger partial charge in [-0.2, -0.15) is 0 Å². The fourth-order valence-electron chi connectivity index (χ4n) is 4.97. The van der Waals surface area contributed by atoms with Crippen molar-refractivity contribution in [3.05, 3.63) is 0 Å². The van der Waals surface area contributed by atoms with Crippen LogP contribution in [0.15, 0.2) is 4.99 Å². The summed E-state index contributed by atoms with van der Waals surface area (Å²) in [5.41, 5.74) is 16.7. The van der Waals surface area contributed by atoms with E-state index in [9.17, 15) is 33.6 Å². The second-order valence-electron chi connectivity index (χ2n) is 12.0. The van der Waals surface area contributed by atoms with E-state index in [0.717, 1.165) is 0 Å². The van der Waals surface area contributed by atoms with Gasteiger partial charge in [0.2, 0.25) is 29.5 Å². The maximum atomic E-state index is 13.6. The molecule has 0 saturated carbocycles. The molecular formula is C29H51N9O9. The van der Waals surface area contributed by atoms with Gasteiger partial charge in [-0.05, 0) is 43.9 Å². The van der Waals surface area contributed by atoms with E-state index < -0.39 is 84.1 Å². The summed E-state index contributed by atoms with van der Waals surface area (Å²) in [5.74, 6) is -6.62. The summed E-state index contributed by atoms with van der Waals surface area (Å²) in [6, 6.07) is -5.46. The van der Waals surface area contributed by atoms with Crippen LogP contribution in [0.4, 0.5) is 0 Å². The molecule has 1 aliphatic rings. The second kappa shape index (κ2) is 19.9. The highest BCUT2D eigenvalue weighted by Crippen LogP contribution is 2.20. The van der Waals surface area contributed by atoms with Crippen LogP contribution in [0.2, 0.25) is 0 Å². The number of carbonyl (C=O) groups excluding carboxylic acids is 5. The van der Waals surface area contributed by atoms with Crippen molar-refractivity contribution in [1.82, 2.24) is 26.2 Å². The number of hydrogen-bond donors (Lipinski definition) is 9. The Balaban J connectivity index is 3.16. The third-order valence-electron chi connectivity index (χ3n) is 7.86. The molecule has 47 heavy (non-hydrogen) atoms. The van der Waals surface area contributed by atoms with Crippen molar-refractivity contribution in [2.45, 2.75) is 103 Å². The van der Waals surface area contributed by atoms with E-state index in [-0.39, 0.29) is 50.7 Å². The standard InChI is InChI=1S/C29H51N9O9/c1-5-16(4)23(26(45)34-14-21(41)42)37-27(46)22(15(2)3)36-24(43)18(8-6-12-33-29(31)32)35-25(44)19-9-7-13-38(19)28(47)17(30)10-11-20(39)40/h15-19,22-23H,5-14,30H2,1-4H3,(H,34,45)(H,35,44)(H,36,43)(H,37,46)(H,39,40)(H,41,42)(H4,31,32,33)/t16-,17-,18-,19-,22-,23-/m0/s1. The second-order valence-corrected chi connectivity index (χ2v) is 12.0. The third kappa shape index (κ3) is 13.8. The number of nitrogens with one attached hydrogen (secondary N) is 4. The normalized spacial score (nSPS) is 17.4. The van der Waals surface area contributed by atoms with Gasteiger partial charge in [-0.3, -0.25) is 38.6 Å².